The molecule has 2 rings (SSSR count). The second-order valence-corrected chi connectivity index (χ2v) is 5.84. The maximum atomic E-state index is 5.16. The monoisotopic (exact) mass is 277 g/mol. The fraction of sp³-hybridized carbons (Fsp3) is 0.688. The first-order valence-corrected chi connectivity index (χ1v) is 7.65. The molecule has 1 N–H and O–H groups in total. The highest BCUT2D eigenvalue weighted by Crippen LogP contribution is 2.14. The Balaban J connectivity index is 1.81. The van der Waals surface area contributed by atoms with E-state index in [2.05, 4.69) is 29.0 Å². The summed E-state index contributed by atoms with van der Waals surface area (Å²) in [6.07, 6.45) is 5.60. The third-order valence-corrected chi connectivity index (χ3v) is 4.10. The SMILES string of the molecule is COc1cc(CNC2CCCN(C(C)C)CC2)ccn1. The average molecular weight is 277 g/mol. The number of nitrogens with zero attached hydrogens (tertiary/aromatic N) is 2. The molecular formula is C16H27N3O. The van der Waals surface area contributed by atoms with Gasteiger partial charge in [-0.3, -0.25) is 0 Å². The number of aromatic nitrogens is 1. The Morgan fingerprint density at radius 3 is 3.00 bits per heavy atom. The highest BCUT2D eigenvalue weighted by atomic mass is 16.5. The van der Waals surface area contributed by atoms with Crippen LogP contribution in [0.15, 0.2) is 18.3 Å². The van der Waals surface area contributed by atoms with Crippen molar-refractivity contribution in [1.29, 1.82) is 0 Å². The van der Waals surface area contributed by atoms with Crippen molar-refractivity contribution in [2.75, 3.05) is 20.2 Å². The van der Waals surface area contributed by atoms with Gasteiger partial charge in [-0.15, -0.1) is 0 Å². The molecule has 4 nitrogen and oxygen atoms in total. The van der Waals surface area contributed by atoms with E-state index < -0.39 is 0 Å². The molecule has 0 amide bonds. The first-order valence-electron chi connectivity index (χ1n) is 7.65. The zero-order valence-corrected chi connectivity index (χ0v) is 12.9. The Kier molecular flexibility index (Phi) is 5.80. The van der Waals surface area contributed by atoms with Gasteiger partial charge in [-0.2, -0.15) is 0 Å². The molecule has 112 valence electrons. The Hall–Kier alpha value is -1.13. The van der Waals surface area contributed by atoms with E-state index in [0.29, 0.717) is 18.0 Å². The fourth-order valence-corrected chi connectivity index (χ4v) is 2.77. The van der Waals surface area contributed by atoms with Crippen LogP contribution in [0.1, 0.15) is 38.7 Å². The number of hydrogen-bond acceptors (Lipinski definition) is 4. The minimum absolute atomic E-state index is 0.623. The molecule has 0 aromatic carbocycles. The van der Waals surface area contributed by atoms with E-state index in [-0.39, 0.29) is 0 Å². The first kappa shape index (κ1) is 15.3. The minimum Gasteiger partial charge on any atom is -0.481 e. The molecule has 2 heterocycles. The van der Waals surface area contributed by atoms with Crippen LogP contribution in [0.2, 0.25) is 0 Å². The molecule has 1 saturated heterocycles. The highest BCUT2D eigenvalue weighted by molar-refractivity contribution is 5.20. The number of rotatable bonds is 5. The molecule has 1 fully saturated rings. The quantitative estimate of drug-likeness (QED) is 0.897. The Morgan fingerprint density at radius 2 is 2.25 bits per heavy atom. The van der Waals surface area contributed by atoms with Gasteiger partial charge in [0.1, 0.15) is 0 Å². The number of ether oxygens (including phenoxy) is 1. The molecule has 0 saturated carbocycles. The van der Waals surface area contributed by atoms with Crippen molar-refractivity contribution < 1.29 is 4.74 Å². The second-order valence-electron chi connectivity index (χ2n) is 5.84. The van der Waals surface area contributed by atoms with E-state index in [1.807, 2.05) is 18.3 Å². The normalized spacial score (nSPS) is 20.9. The molecule has 0 aliphatic carbocycles. The third kappa shape index (κ3) is 4.46. The molecule has 0 spiro atoms. The largest absolute Gasteiger partial charge is 0.481 e. The maximum Gasteiger partial charge on any atom is 0.213 e. The van der Waals surface area contributed by atoms with Gasteiger partial charge in [0.05, 0.1) is 7.11 Å². The van der Waals surface area contributed by atoms with Crippen molar-refractivity contribution in [2.24, 2.45) is 0 Å². The van der Waals surface area contributed by atoms with Crippen LogP contribution in [0, 0.1) is 0 Å². The molecule has 1 atom stereocenters. The average Bonchev–Trinajstić information content (AvgIpc) is 2.71. The predicted octanol–water partition coefficient (Wildman–Crippen LogP) is 2.44. The van der Waals surface area contributed by atoms with Crippen molar-refractivity contribution in [1.82, 2.24) is 15.2 Å². The van der Waals surface area contributed by atoms with Gasteiger partial charge < -0.3 is 15.0 Å². The van der Waals surface area contributed by atoms with Gasteiger partial charge in [0.25, 0.3) is 0 Å². The molecule has 0 bridgehead atoms. The van der Waals surface area contributed by atoms with E-state index in [1.165, 1.54) is 37.9 Å². The van der Waals surface area contributed by atoms with E-state index in [4.69, 9.17) is 4.74 Å². The van der Waals surface area contributed by atoms with Crippen molar-refractivity contribution in [3.8, 4) is 5.88 Å². The molecule has 1 aliphatic rings. The third-order valence-electron chi connectivity index (χ3n) is 4.10. The van der Waals surface area contributed by atoms with Crippen LogP contribution in [0.4, 0.5) is 0 Å². The minimum atomic E-state index is 0.623. The van der Waals surface area contributed by atoms with Gasteiger partial charge in [0.15, 0.2) is 0 Å². The number of hydrogen-bond donors (Lipinski definition) is 1. The van der Waals surface area contributed by atoms with Gasteiger partial charge in [-0.25, -0.2) is 4.98 Å². The molecule has 1 unspecified atom stereocenters. The fourth-order valence-electron chi connectivity index (χ4n) is 2.77. The van der Waals surface area contributed by atoms with E-state index in [0.717, 1.165) is 6.54 Å². The lowest BCUT2D eigenvalue weighted by molar-refractivity contribution is 0.229. The number of pyridine rings is 1. The number of likely N-dealkylation sites (tertiary alicyclic amines) is 1. The summed E-state index contributed by atoms with van der Waals surface area (Å²) in [5.74, 6) is 0.691. The highest BCUT2D eigenvalue weighted by Gasteiger charge is 2.18. The predicted molar refractivity (Wildman–Crippen MR) is 82.0 cm³/mol. The van der Waals surface area contributed by atoms with Crippen LogP contribution in [0.25, 0.3) is 0 Å². The zero-order chi connectivity index (χ0) is 14.4. The van der Waals surface area contributed by atoms with Crippen molar-refractivity contribution >= 4 is 0 Å². The molecule has 4 heteroatoms. The number of nitrogens with one attached hydrogen (secondary N) is 1. The Morgan fingerprint density at radius 1 is 1.40 bits per heavy atom. The van der Waals surface area contributed by atoms with Gasteiger partial charge in [0, 0.05) is 30.9 Å². The van der Waals surface area contributed by atoms with Crippen molar-refractivity contribution in [2.45, 2.75) is 51.7 Å². The molecule has 1 aromatic rings. The van der Waals surface area contributed by atoms with E-state index in [1.54, 1.807) is 7.11 Å². The second kappa shape index (κ2) is 7.60. The maximum absolute atomic E-state index is 5.16. The zero-order valence-electron chi connectivity index (χ0n) is 12.9. The van der Waals surface area contributed by atoms with Crippen LogP contribution in [-0.2, 0) is 6.54 Å². The molecule has 1 aliphatic heterocycles. The Bertz CT molecular complexity index is 408. The molecule has 1 aromatic heterocycles. The van der Waals surface area contributed by atoms with Crippen molar-refractivity contribution in [3.63, 3.8) is 0 Å². The van der Waals surface area contributed by atoms with Gasteiger partial charge in [-0.05, 0) is 57.8 Å². The van der Waals surface area contributed by atoms with Gasteiger partial charge >= 0.3 is 0 Å². The van der Waals surface area contributed by atoms with E-state index >= 15 is 0 Å². The van der Waals surface area contributed by atoms with Crippen LogP contribution in [0.3, 0.4) is 0 Å². The number of methoxy groups -OCH3 is 1. The smallest absolute Gasteiger partial charge is 0.213 e. The van der Waals surface area contributed by atoms with E-state index in [9.17, 15) is 0 Å². The summed E-state index contributed by atoms with van der Waals surface area (Å²) < 4.78 is 5.16. The molecular weight excluding hydrogens is 250 g/mol. The van der Waals surface area contributed by atoms with Gasteiger partial charge in [0.2, 0.25) is 5.88 Å². The summed E-state index contributed by atoms with van der Waals surface area (Å²) in [5, 5.41) is 3.68. The molecule has 0 radical (unpaired) electrons. The lowest BCUT2D eigenvalue weighted by atomic mass is 10.1. The summed E-state index contributed by atoms with van der Waals surface area (Å²) in [5.41, 5.74) is 1.24. The standard InChI is InChI=1S/C16H27N3O/c1-13(2)19-9-4-5-15(7-10-19)18-12-14-6-8-17-16(11-14)20-3/h6,8,11,13,15,18H,4-5,7,9-10,12H2,1-3H3. The summed E-state index contributed by atoms with van der Waals surface area (Å²) in [6, 6.07) is 5.34. The lowest BCUT2D eigenvalue weighted by Gasteiger charge is -2.24. The van der Waals surface area contributed by atoms with Gasteiger partial charge in [-0.1, -0.05) is 0 Å². The van der Waals surface area contributed by atoms with Crippen LogP contribution < -0.4 is 10.1 Å². The summed E-state index contributed by atoms with van der Waals surface area (Å²) in [4.78, 5) is 6.72. The summed E-state index contributed by atoms with van der Waals surface area (Å²) in [6.45, 7) is 7.91. The Labute approximate surface area is 122 Å². The first-order chi connectivity index (χ1) is 9.69. The summed E-state index contributed by atoms with van der Waals surface area (Å²) >= 11 is 0. The lowest BCUT2D eigenvalue weighted by Crippen LogP contribution is -2.33. The van der Waals surface area contributed by atoms with Crippen LogP contribution in [0.5, 0.6) is 5.88 Å². The molecule has 20 heavy (non-hydrogen) atoms. The van der Waals surface area contributed by atoms with Crippen LogP contribution in [-0.4, -0.2) is 42.2 Å². The topological polar surface area (TPSA) is 37.4 Å². The summed E-state index contributed by atoms with van der Waals surface area (Å²) in [7, 11) is 1.66. The van der Waals surface area contributed by atoms with Crippen molar-refractivity contribution in [3.05, 3.63) is 23.9 Å². The van der Waals surface area contributed by atoms with Crippen LogP contribution >= 0.6 is 0 Å².